The molecular formula is C19H27N5O2. The van der Waals surface area contributed by atoms with E-state index in [1.807, 2.05) is 10.6 Å². The van der Waals surface area contributed by atoms with Gasteiger partial charge in [0.1, 0.15) is 5.52 Å². The third kappa shape index (κ3) is 3.10. The molecule has 2 aliphatic heterocycles. The van der Waals surface area contributed by atoms with Gasteiger partial charge < -0.3 is 14.6 Å². The van der Waals surface area contributed by atoms with Crippen LogP contribution in [0.2, 0.25) is 0 Å². The molecule has 0 radical (unpaired) electrons. The fourth-order valence-electron chi connectivity index (χ4n) is 4.14. The third-order valence-corrected chi connectivity index (χ3v) is 5.62. The highest BCUT2D eigenvalue weighted by molar-refractivity contribution is 5.96. The van der Waals surface area contributed by atoms with Gasteiger partial charge in [0.25, 0.3) is 5.91 Å². The zero-order chi connectivity index (χ0) is 18.3. The van der Waals surface area contributed by atoms with Gasteiger partial charge in [0.05, 0.1) is 24.0 Å². The first-order chi connectivity index (χ1) is 12.5. The highest BCUT2D eigenvalue weighted by Crippen LogP contribution is 2.23. The van der Waals surface area contributed by atoms with E-state index in [1.165, 1.54) is 19.3 Å². The first kappa shape index (κ1) is 17.4. The minimum atomic E-state index is -0.478. The van der Waals surface area contributed by atoms with E-state index < -0.39 is 6.10 Å². The summed E-state index contributed by atoms with van der Waals surface area (Å²) in [5, 5.41) is 10.5. The molecule has 2 saturated heterocycles. The Bertz CT molecular complexity index is 796. The smallest absolute Gasteiger partial charge is 0.255 e. The number of aromatic nitrogens is 3. The van der Waals surface area contributed by atoms with Crippen molar-refractivity contribution in [1.82, 2.24) is 24.3 Å². The predicted octanol–water partition coefficient (Wildman–Crippen LogP) is 1.68. The molecule has 7 nitrogen and oxygen atoms in total. The zero-order valence-electron chi connectivity index (χ0n) is 15.5. The van der Waals surface area contributed by atoms with E-state index in [4.69, 9.17) is 0 Å². The van der Waals surface area contributed by atoms with Crippen molar-refractivity contribution in [2.24, 2.45) is 0 Å². The number of piperidine rings is 1. The molecule has 2 atom stereocenters. The normalized spacial score (nSPS) is 24.7. The summed E-state index contributed by atoms with van der Waals surface area (Å²) in [5.74, 6) is -0.0722. The molecule has 2 fully saturated rings. The number of carbonyl (C=O) groups is 1. The van der Waals surface area contributed by atoms with Crippen molar-refractivity contribution in [1.29, 1.82) is 0 Å². The largest absolute Gasteiger partial charge is 0.390 e. The summed E-state index contributed by atoms with van der Waals surface area (Å²) in [7, 11) is 0. The Hall–Kier alpha value is -1.99. The molecule has 1 N–H and O–H groups in total. The number of hydrogen-bond donors (Lipinski definition) is 1. The van der Waals surface area contributed by atoms with Gasteiger partial charge in [-0.25, -0.2) is 9.97 Å². The fraction of sp³-hybridized carbons (Fsp3) is 0.632. The van der Waals surface area contributed by atoms with E-state index in [0.717, 1.165) is 24.3 Å². The van der Waals surface area contributed by atoms with Crippen LogP contribution in [0.15, 0.2) is 18.6 Å². The summed E-state index contributed by atoms with van der Waals surface area (Å²) in [5.41, 5.74) is 2.07. The first-order valence-corrected chi connectivity index (χ1v) is 9.58. The molecule has 26 heavy (non-hydrogen) atoms. The Labute approximate surface area is 153 Å². The number of rotatable bonds is 3. The summed E-state index contributed by atoms with van der Waals surface area (Å²) in [6.45, 7) is 7.16. The van der Waals surface area contributed by atoms with Crippen LogP contribution in [-0.4, -0.2) is 73.7 Å². The van der Waals surface area contributed by atoms with Crippen molar-refractivity contribution in [2.45, 2.75) is 51.3 Å². The summed E-state index contributed by atoms with van der Waals surface area (Å²) >= 11 is 0. The van der Waals surface area contributed by atoms with Crippen LogP contribution in [0.25, 0.3) is 11.2 Å². The lowest BCUT2D eigenvalue weighted by Crippen LogP contribution is -2.46. The molecule has 2 aromatic heterocycles. The monoisotopic (exact) mass is 357 g/mol. The predicted molar refractivity (Wildman–Crippen MR) is 99.0 cm³/mol. The van der Waals surface area contributed by atoms with Gasteiger partial charge in [-0.2, -0.15) is 0 Å². The molecule has 140 valence electrons. The van der Waals surface area contributed by atoms with E-state index in [0.29, 0.717) is 18.7 Å². The van der Waals surface area contributed by atoms with Crippen molar-refractivity contribution in [3.63, 3.8) is 0 Å². The summed E-state index contributed by atoms with van der Waals surface area (Å²) in [6.07, 6.45) is 6.53. The van der Waals surface area contributed by atoms with E-state index in [2.05, 4.69) is 28.7 Å². The first-order valence-electron chi connectivity index (χ1n) is 9.58. The van der Waals surface area contributed by atoms with Gasteiger partial charge in [-0.1, -0.05) is 6.42 Å². The number of hydrogen-bond acceptors (Lipinski definition) is 5. The van der Waals surface area contributed by atoms with Crippen LogP contribution in [0, 0.1) is 0 Å². The van der Waals surface area contributed by atoms with Crippen molar-refractivity contribution in [2.75, 3.05) is 26.2 Å². The number of pyridine rings is 1. The van der Waals surface area contributed by atoms with Crippen molar-refractivity contribution in [3.8, 4) is 0 Å². The van der Waals surface area contributed by atoms with Gasteiger partial charge in [-0.15, -0.1) is 0 Å². The third-order valence-electron chi connectivity index (χ3n) is 5.62. The van der Waals surface area contributed by atoms with Gasteiger partial charge in [-0.05, 0) is 45.8 Å². The van der Waals surface area contributed by atoms with Crippen LogP contribution in [0.5, 0.6) is 0 Å². The minimum absolute atomic E-state index is 0.0519. The van der Waals surface area contributed by atoms with Crippen LogP contribution < -0.4 is 0 Å². The molecule has 0 bridgehead atoms. The molecule has 0 unspecified atom stereocenters. The Morgan fingerprint density at radius 1 is 1.19 bits per heavy atom. The number of β-amino-alcohol motifs (C(OH)–C–C–N with tert-alkyl or cyclic N) is 1. The Morgan fingerprint density at radius 2 is 1.96 bits per heavy atom. The Balaban J connectivity index is 1.51. The maximum Gasteiger partial charge on any atom is 0.255 e. The molecule has 4 heterocycles. The van der Waals surface area contributed by atoms with Crippen molar-refractivity contribution in [3.05, 3.63) is 24.2 Å². The summed E-state index contributed by atoms with van der Waals surface area (Å²) in [4.78, 5) is 25.9. The number of nitrogens with zero attached hydrogens (tertiary/aromatic N) is 5. The van der Waals surface area contributed by atoms with E-state index in [-0.39, 0.29) is 18.0 Å². The molecule has 4 rings (SSSR count). The van der Waals surface area contributed by atoms with Crippen molar-refractivity contribution >= 4 is 17.1 Å². The molecule has 2 aliphatic rings. The maximum atomic E-state index is 12.9. The van der Waals surface area contributed by atoms with Crippen LogP contribution in [0.4, 0.5) is 0 Å². The number of fused-ring (bicyclic) bond motifs is 1. The average molecular weight is 357 g/mol. The quantitative estimate of drug-likeness (QED) is 0.905. The molecule has 1 amide bonds. The second kappa shape index (κ2) is 6.96. The molecule has 0 saturated carbocycles. The van der Waals surface area contributed by atoms with E-state index >= 15 is 0 Å². The lowest BCUT2D eigenvalue weighted by Gasteiger charge is -2.33. The summed E-state index contributed by atoms with van der Waals surface area (Å²) in [6, 6.07) is 2.13. The number of carbonyl (C=O) groups excluding carboxylic acids is 1. The van der Waals surface area contributed by atoms with Gasteiger partial charge in [-0.3, -0.25) is 9.69 Å². The maximum absolute atomic E-state index is 12.9. The highest BCUT2D eigenvalue weighted by Gasteiger charge is 2.38. The minimum Gasteiger partial charge on any atom is -0.390 e. The fourth-order valence-corrected chi connectivity index (χ4v) is 4.14. The Kier molecular flexibility index (Phi) is 4.67. The standard InChI is InChI=1S/C19H27N5O2/c1-13(2)24-12-21-15-8-14(9-20-18(15)24)19(26)23-10-16(17(25)11-23)22-6-4-3-5-7-22/h8-9,12-13,16-17,25H,3-7,10-11H2,1-2H3/t16-,17-/m0/s1. The number of aliphatic hydroxyl groups excluding tert-OH is 1. The molecule has 0 aliphatic carbocycles. The lowest BCUT2D eigenvalue weighted by molar-refractivity contribution is 0.0702. The van der Waals surface area contributed by atoms with Crippen LogP contribution in [0.1, 0.15) is 49.5 Å². The Morgan fingerprint density at radius 3 is 2.69 bits per heavy atom. The van der Waals surface area contributed by atoms with Crippen LogP contribution in [0.3, 0.4) is 0 Å². The second-order valence-electron chi connectivity index (χ2n) is 7.75. The molecule has 0 aromatic carbocycles. The van der Waals surface area contributed by atoms with Crippen LogP contribution in [-0.2, 0) is 0 Å². The molecule has 2 aromatic rings. The topological polar surface area (TPSA) is 74.5 Å². The van der Waals surface area contributed by atoms with Crippen LogP contribution >= 0.6 is 0 Å². The van der Waals surface area contributed by atoms with E-state index in [9.17, 15) is 9.90 Å². The molecule has 7 heteroatoms. The highest BCUT2D eigenvalue weighted by atomic mass is 16.3. The van der Waals surface area contributed by atoms with Gasteiger partial charge in [0, 0.05) is 25.3 Å². The SMILES string of the molecule is CC(C)n1cnc2cc(C(=O)N3C[C@H](O)[C@@H](N4CCCCC4)C3)cnc21. The van der Waals surface area contributed by atoms with Gasteiger partial charge in [0.15, 0.2) is 5.65 Å². The number of likely N-dealkylation sites (tertiary alicyclic amines) is 2. The van der Waals surface area contributed by atoms with E-state index in [1.54, 1.807) is 17.4 Å². The lowest BCUT2D eigenvalue weighted by atomic mass is 10.1. The van der Waals surface area contributed by atoms with Crippen molar-refractivity contribution < 1.29 is 9.90 Å². The zero-order valence-corrected chi connectivity index (χ0v) is 15.5. The molecular weight excluding hydrogens is 330 g/mol. The second-order valence-corrected chi connectivity index (χ2v) is 7.75. The number of amides is 1. The van der Waals surface area contributed by atoms with Gasteiger partial charge in [0.2, 0.25) is 0 Å². The number of imidazole rings is 1. The molecule has 0 spiro atoms. The number of aliphatic hydroxyl groups is 1. The van der Waals surface area contributed by atoms with Gasteiger partial charge >= 0.3 is 0 Å². The summed E-state index contributed by atoms with van der Waals surface area (Å²) < 4.78 is 2.00. The average Bonchev–Trinajstić information content (AvgIpc) is 3.25.